The number of nitrogens with zero attached hydrogens (tertiary/aromatic N) is 5. The molecule has 1 aliphatic heterocycles. The summed E-state index contributed by atoms with van der Waals surface area (Å²) >= 11 is 0. The lowest BCUT2D eigenvalue weighted by molar-refractivity contribution is 0.371. The molecule has 4 heterocycles. The van der Waals surface area contributed by atoms with Gasteiger partial charge in [-0.15, -0.1) is 0 Å². The van der Waals surface area contributed by atoms with E-state index in [0.717, 1.165) is 86.9 Å². The van der Waals surface area contributed by atoms with E-state index in [1.807, 2.05) is 6.07 Å². The zero-order chi connectivity index (χ0) is 23.7. The number of nitrogens with one attached hydrogen (secondary N) is 5. The van der Waals surface area contributed by atoms with Gasteiger partial charge in [-0.2, -0.15) is 9.97 Å². The first kappa shape index (κ1) is 23.9. The quantitative estimate of drug-likeness (QED) is 0.264. The molecule has 0 aromatic carbocycles. The number of pyridine rings is 1. The Morgan fingerprint density at radius 2 is 1.77 bits per heavy atom. The third kappa shape index (κ3) is 6.65. The van der Waals surface area contributed by atoms with Gasteiger partial charge in [0, 0.05) is 38.8 Å². The molecule has 188 valence electrons. The summed E-state index contributed by atoms with van der Waals surface area (Å²) < 4.78 is 0. The molecule has 3 aromatic rings. The van der Waals surface area contributed by atoms with Crippen LogP contribution in [0.3, 0.4) is 0 Å². The van der Waals surface area contributed by atoms with E-state index in [1.54, 1.807) is 6.33 Å². The minimum atomic E-state index is 0.589. The standard InChI is InChI=1S/C25H38N10/c1-2-6-19(7-3-1)28-11-5-10-27-16-20-8-4-9-21(32-20)17-29-23-22-24(31-18-30-22)34-25(33-23)35-14-12-26-13-15-35/h4,8-9,18-19,26-28H,1-3,5-7,10-17H2,(H2,29,30,31,33,34). The van der Waals surface area contributed by atoms with Crippen molar-refractivity contribution in [2.45, 2.75) is 57.7 Å². The molecule has 2 aliphatic rings. The van der Waals surface area contributed by atoms with Crippen LogP contribution in [-0.4, -0.2) is 70.2 Å². The molecule has 2 fully saturated rings. The first-order valence-electron chi connectivity index (χ1n) is 13.1. The van der Waals surface area contributed by atoms with Crippen molar-refractivity contribution in [1.82, 2.24) is 40.9 Å². The fraction of sp³-hybridized carbons (Fsp3) is 0.600. The molecule has 0 atom stereocenters. The number of H-pyrrole nitrogens is 1. The van der Waals surface area contributed by atoms with Crippen molar-refractivity contribution in [3.05, 3.63) is 35.9 Å². The lowest BCUT2D eigenvalue weighted by Gasteiger charge is -2.27. The molecule has 1 saturated heterocycles. The fourth-order valence-electron chi connectivity index (χ4n) is 4.90. The molecule has 35 heavy (non-hydrogen) atoms. The summed E-state index contributed by atoms with van der Waals surface area (Å²) in [7, 11) is 0. The molecular weight excluding hydrogens is 440 g/mol. The van der Waals surface area contributed by atoms with Crippen LogP contribution < -0.4 is 26.2 Å². The van der Waals surface area contributed by atoms with Crippen molar-refractivity contribution in [2.24, 2.45) is 0 Å². The number of fused-ring (bicyclic) bond motifs is 1. The maximum absolute atomic E-state index is 4.83. The second kappa shape index (κ2) is 12.2. The molecule has 0 unspecified atom stereocenters. The SMILES string of the molecule is c1cc(CNCCCNC2CCCCC2)nc(CNc2nc(N3CCNCC3)nc3nc[nH]c23)c1. The first-order valence-corrected chi connectivity index (χ1v) is 13.1. The number of aromatic amines is 1. The molecule has 1 saturated carbocycles. The van der Waals surface area contributed by atoms with Crippen LogP contribution in [-0.2, 0) is 13.1 Å². The molecule has 0 spiro atoms. The Morgan fingerprint density at radius 3 is 2.63 bits per heavy atom. The number of anilines is 2. The molecule has 3 aromatic heterocycles. The summed E-state index contributed by atoms with van der Waals surface area (Å²) in [6.07, 6.45) is 9.67. The molecule has 5 N–H and O–H groups in total. The third-order valence-electron chi connectivity index (χ3n) is 6.85. The molecule has 1 aliphatic carbocycles. The number of rotatable bonds is 11. The Kier molecular flexibility index (Phi) is 8.35. The molecular formula is C25H38N10. The number of imidazole rings is 1. The highest BCUT2D eigenvalue weighted by atomic mass is 15.3. The largest absolute Gasteiger partial charge is 0.362 e. The number of piperazine rings is 1. The Labute approximate surface area is 207 Å². The van der Waals surface area contributed by atoms with Gasteiger partial charge in [0.05, 0.1) is 24.3 Å². The smallest absolute Gasteiger partial charge is 0.229 e. The Morgan fingerprint density at radius 1 is 0.943 bits per heavy atom. The van der Waals surface area contributed by atoms with E-state index in [-0.39, 0.29) is 0 Å². The minimum absolute atomic E-state index is 0.589. The van der Waals surface area contributed by atoms with Crippen molar-refractivity contribution in [1.29, 1.82) is 0 Å². The van der Waals surface area contributed by atoms with Crippen molar-refractivity contribution < 1.29 is 0 Å². The van der Waals surface area contributed by atoms with E-state index in [4.69, 9.17) is 9.97 Å². The van der Waals surface area contributed by atoms with Crippen LogP contribution in [0.25, 0.3) is 11.2 Å². The van der Waals surface area contributed by atoms with Gasteiger partial charge in [-0.1, -0.05) is 25.3 Å². The number of aromatic nitrogens is 5. The van der Waals surface area contributed by atoms with E-state index >= 15 is 0 Å². The highest BCUT2D eigenvalue weighted by Crippen LogP contribution is 2.21. The average Bonchev–Trinajstić information content (AvgIpc) is 3.40. The van der Waals surface area contributed by atoms with Crippen molar-refractivity contribution in [2.75, 3.05) is 49.5 Å². The van der Waals surface area contributed by atoms with Crippen molar-refractivity contribution in [3.63, 3.8) is 0 Å². The predicted molar refractivity (Wildman–Crippen MR) is 140 cm³/mol. The molecule has 0 radical (unpaired) electrons. The molecule has 10 nitrogen and oxygen atoms in total. The van der Waals surface area contributed by atoms with Crippen LogP contribution in [0.1, 0.15) is 49.9 Å². The zero-order valence-corrected chi connectivity index (χ0v) is 20.5. The zero-order valence-electron chi connectivity index (χ0n) is 20.5. The predicted octanol–water partition coefficient (Wildman–Crippen LogP) is 2.17. The van der Waals surface area contributed by atoms with E-state index < -0.39 is 0 Å². The van der Waals surface area contributed by atoms with Crippen LogP contribution in [0.4, 0.5) is 11.8 Å². The highest BCUT2D eigenvalue weighted by molar-refractivity contribution is 5.83. The highest BCUT2D eigenvalue weighted by Gasteiger charge is 2.17. The summed E-state index contributed by atoms with van der Waals surface area (Å²) in [6.45, 7) is 7.11. The second-order valence-electron chi connectivity index (χ2n) is 9.50. The molecule has 10 heteroatoms. The molecule has 0 bridgehead atoms. The fourth-order valence-corrected chi connectivity index (χ4v) is 4.90. The first-order chi connectivity index (χ1) is 17.3. The average molecular weight is 479 g/mol. The van der Waals surface area contributed by atoms with Gasteiger partial charge in [-0.25, -0.2) is 4.98 Å². The molecule has 0 amide bonds. The summed E-state index contributed by atoms with van der Waals surface area (Å²) in [6, 6.07) is 6.94. The summed E-state index contributed by atoms with van der Waals surface area (Å²) in [5.41, 5.74) is 3.54. The van der Waals surface area contributed by atoms with Crippen LogP contribution in [0.15, 0.2) is 24.5 Å². The number of hydrogen-bond donors (Lipinski definition) is 5. The van der Waals surface area contributed by atoms with Gasteiger partial charge in [0.15, 0.2) is 11.5 Å². The van der Waals surface area contributed by atoms with Crippen LogP contribution in [0, 0.1) is 0 Å². The van der Waals surface area contributed by atoms with Crippen LogP contribution in [0.5, 0.6) is 0 Å². The van der Waals surface area contributed by atoms with Crippen molar-refractivity contribution >= 4 is 22.9 Å². The lowest BCUT2D eigenvalue weighted by Crippen LogP contribution is -2.44. The normalized spacial score (nSPS) is 17.2. The lowest BCUT2D eigenvalue weighted by atomic mass is 9.95. The Balaban J connectivity index is 1.11. The van der Waals surface area contributed by atoms with Crippen LogP contribution in [0.2, 0.25) is 0 Å². The van der Waals surface area contributed by atoms with E-state index in [1.165, 1.54) is 32.1 Å². The second-order valence-corrected chi connectivity index (χ2v) is 9.50. The van der Waals surface area contributed by atoms with E-state index in [2.05, 4.69) is 53.3 Å². The third-order valence-corrected chi connectivity index (χ3v) is 6.85. The van der Waals surface area contributed by atoms with Gasteiger partial charge in [-0.05, 0) is 44.5 Å². The summed E-state index contributed by atoms with van der Waals surface area (Å²) in [5, 5.41) is 14.1. The maximum atomic E-state index is 4.83. The number of hydrogen-bond acceptors (Lipinski definition) is 9. The van der Waals surface area contributed by atoms with Gasteiger partial charge < -0.3 is 31.2 Å². The molecule has 5 rings (SSSR count). The van der Waals surface area contributed by atoms with Crippen molar-refractivity contribution in [3.8, 4) is 0 Å². The van der Waals surface area contributed by atoms with Gasteiger partial charge >= 0.3 is 0 Å². The van der Waals surface area contributed by atoms with E-state index in [9.17, 15) is 0 Å². The van der Waals surface area contributed by atoms with E-state index in [0.29, 0.717) is 12.2 Å². The topological polar surface area (TPSA) is 119 Å². The summed E-state index contributed by atoms with van der Waals surface area (Å²) in [5.74, 6) is 1.48. The van der Waals surface area contributed by atoms with Gasteiger partial charge in [0.2, 0.25) is 5.95 Å². The van der Waals surface area contributed by atoms with Gasteiger partial charge in [0.1, 0.15) is 5.52 Å². The Hall–Kier alpha value is -2.82. The minimum Gasteiger partial charge on any atom is -0.362 e. The maximum Gasteiger partial charge on any atom is 0.229 e. The van der Waals surface area contributed by atoms with Gasteiger partial charge in [0.25, 0.3) is 0 Å². The van der Waals surface area contributed by atoms with Gasteiger partial charge in [-0.3, -0.25) is 4.98 Å². The monoisotopic (exact) mass is 478 g/mol. The van der Waals surface area contributed by atoms with Crippen LogP contribution >= 0.6 is 0 Å². The Bertz CT molecular complexity index is 1060. The summed E-state index contributed by atoms with van der Waals surface area (Å²) in [4.78, 5) is 24.0.